The second-order valence-corrected chi connectivity index (χ2v) is 7.67. The summed E-state index contributed by atoms with van der Waals surface area (Å²) < 4.78 is 10.7. The third-order valence-electron chi connectivity index (χ3n) is 4.39. The first-order chi connectivity index (χ1) is 13.4. The van der Waals surface area contributed by atoms with E-state index in [1.807, 2.05) is 31.4 Å². The number of ether oxygens (including phenoxy) is 2. The third kappa shape index (κ3) is 3.95. The lowest BCUT2D eigenvalue weighted by Crippen LogP contribution is -2.32. The summed E-state index contributed by atoms with van der Waals surface area (Å²) in [5.41, 5.74) is 0.559. The number of nitrogens with zero attached hydrogens (tertiary/aromatic N) is 1. The number of rotatable bonds is 7. The van der Waals surface area contributed by atoms with Gasteiger partial charge in [-0.05, 0) is 49.6 Å². The highest BCUT2D eigenvalue weighted by atomic mass is 32.1. The maximum atomic E-state index is 12.7. The molecular formula is C21H23NO5S. The summed E-state index contributed by atoms with van der Waals surface area (Å²) >= 11 is 1.43. The lowest BCUT2D eigenvalue weighted by Gasteiger charge is -2.23. The molecule has 28 heavy (non-hydrogen) atoms. The van der Waals surface area contributed by atoms with Gasteiger partial charge in [0.1, 0.15) is 11.5 Å². The highest BCUT2D eigenvalue weighted by molar-refractivity contribution is 7.10. The van der Waals surface area contributed by atoms with Crippen LogP contribution in [0.15, 0.2) is 47.4 Å². The number of methoxy groups -OCH3 is 1. The van der Waals surface area contributed by atoms with Crippen molar-refractivity contribution in [2.24, 2.45) is 0 Å². The molecule has 1 N–H and O–H groups in total. The fourth-order valence-electron chi connectivity index (χ4n) is 3.16. The van der Waals surface area contributed by atoms with Gasteiger partial charge in [-0.3, -0.25) is 9.59 Å². The van der Waals surface area contributed by atoms with Crippen molar-refractivity contribution >= 4 is 28.8 Å². The zero-order valence-electron chi connectivity index (χ0n) is 16.0. The summed E-state index contributed by atoms with van der Waals surface area (Å²) in [7, 11) is 1.54. The minimum absolute atomic E-state index is 0.0318. The molecular weight excluding hydrogens is 378 g/mol. The number of aliphatic hydroxyl groups is 1. The molecule has 1 saturated heterocycles. The second kappa shape index (κ2) is 8.58. The number of likely N-dealkylation sites (tertiary alicyclic amines) is 1. The smallest absolute Gasteiger partial charge is 0.295 e. The fourth-order valence-corrected chi connectivity index (χ4v) is 4.01. The predicted molar refractivity (Wildman–Crippen MR) is 107 cm³/mol. The Morgan fingerprint density at radius 2 is 1.93 bits per heavy atom. The number of Topliss-reactive ketones (excluding diaryl/α,β-unsaturated/α-hetero) is 1. The van der Waals surface area contributed by atoms with Crippen LogP contribution in [0, 0.1) is 0 Å². The van der Waals surface area contributed by atoms with Crippen LogP contribution in [-0.4, -0.2) is 48.1 Å². The topological polar surface area (TPSA) is 76.1 Å². The van der Waals surface area contributed by atoms with E-state index in [9.17, 15) is 14.7 Å². The Morgan fingerprint density at radius 1 is 1.21 bits per heavy atom. The SMILES string of the molecule is COCCN1C(=O)C(=O)/C(=C(/O)c2ccc(OC(C)C)cc2)C1c1cccs1. The average molecular weight is 401 g/mol. The number of amides is 1. The van der Waals surface area contributed by atoms with Crippen LogP contribution >= 0.6 is 11.3 Å². The van der Waals surface area contributed by atoms with E-state index in [-0.39, 0.29) is 24.0 Å². The number of carbonyl (C=O) groups is 2. The molecule has 1 atom stereocenters. The molecule has 0 radical (unpaired) electrons. The lowest BCUT2D eigenvalue weighted by molar-refractivity contribution is -0.140. The summed E-state index contributed by atoms with van der Waals surface area (Å²) in [6.07, 6.45) is 0.0318. The molecule has 1 aliphatic rings. The van der Waals surface area contributed by atoms with Gasteiger partial charge in [0.15, 0.2) is 0 Å². The largest absolute Gasteiger partial charge is 0.507 e. The van der Waals surface area contributed by atoms with Crippen molar-refractivity contribution in [2.45, 2.75) is 26.0 Å². The first-order valence-corrected chi connectivity index (χ1v) is 9.89. The Morgan fingerprint density at radius 3 is 2.50 bits per heavy atom. The Hall–Kier alpha value is -2.64. The van der Waals surface area contributed by atoms with Crippen molar-refractivity contribution in [3.05, 3.63) is 57.8 Å². The van der Waals surface area contributed by atoms with Crippen molar-refractivity contribution in [3.63, 3.8) is 0 Å². The molecule has 2 heterocycles. The third-order valence-corrected chi connectivity index (χ3v) is 5.31. The maximum Gasteiger partial charge on any atom is 0.295 e. The Labute approximate surface area is 168 Å². The average Bonchev–Trinajstić information content (AvgIpc) is 3.27. The second-order valence-electron chi connectivity index (χ2n) is 6.69. The molecule has 0 bridgehead atoms. The molecule has 0 saturated carbocycles. The molecule has 6 nitrogen and oxygen atoms in total. The van der Waals surface area contributed by atoms with Crippen LogP contribution in [0.3, 0.4) is 0 Å². The molecule has 3 rings (SSSR count). The van der Waals surface area contributed by atoms with Crippen molar-refractivity contribution in [3.8, 4) is 5.75 Å². The van der Waals surface area contributed by atoms with E-state index in [1.165, 1.54) is 23.3 Å². The molecule has 1 fully saturated rings. The van der Waals surface area contributed by atoms with Gasteiger partial charge in [0, 0.05) is 24.1 Å². The van der Waals surface area contributed by atoms with Gasteiger partial charge in [0.2, 0.25) is 0 Å². The zero-order chi connectivity index (χ0) is 20.3. The van der Waals surface area contributed by atoms with Crippen LogP contribution in [-0.2, 0) is 14.3 Å². The van der Waals surface area contributed by atoms with Crippen LogP contribution in [0.1, 0.15) is 30.3 Å². The van der Waals surface area contributed by atoms with E-state index in [1.54, 1.807) is 24.3 Å². The standard InChI is InChI=1S/C21H23NO5S/c1-13(2)27-15-8-6-14(7-9-15)19(23)17-18(16-5-4-12-28-16)22(10-11-26-3)21(25)20(17)24/h4-9,12-13,18,23H,10-11H2,1-3H3/b19-17+. The van der Waals surface area contributed by atoms with Crippen molar-refractivity contribution in [1.29, 1.82) is 0 Å². The van der Waals surface area contributed by atoms with Gasteiger partial charge in [0.25, 0.3) is 11.7 Å². The van der Waals surface area contributed by atoms with E-state index >= 15 is 0 Å². The zero-order valence-corrected chi connectivity index (χ0v) is 16.9. The van der Waals surface area contributed by atoms with Gasteiger partial charge in [-0.25, -0.2) is 0 Å². The summed E-state index contributed by atoms with van der Waals surface area (Å²) in [6.45, 7) is 4.42. The fraction of sp³-hybridized carbons (Fsp3) is 0.333. The molecule has 1 amide bonds. The molecule has 1 aromatic carbocycles. The number of thiophene rings is 1. The van der Waals surface area contributed by atoms with Crippen molar-refractivity contribution in [1.82, 2.24) is 4.90 Å². The monoisotopic (exact) mass is 401 g/mol. The first-order valence-electron chi connectivity index (χ1n) is 9.02. The predicted octanol–water partition coefficient (Wildman–Crippen LogP) is 3.60. The van der Waals surface area contributed by atoms with Gasteiger partial charge >= 0.3 is 0 Å². The highest BCUT2D eigenvalue weighted by Gasteiger charge is 2.46. The van der Waals surface area contributed by atoms with Crippen molar-refractivity contribution in [2.75, 3.05) is 20.3 Å². The molecule has 2 aromatic rings. The quantitative estimate of drug-likeness (QED) is 0.436. The maximum absolute atomic E-state index is 12.7. The van der Waals surface area contributed by atoms with E-state index in [2.05, 4.69) is 0 Å². The summed E-state index contributed by atoms with van der Waals surface area (Å²) in [6, 6.07) is 9.92. The van der Waals surface area contributed by atoms with Gasteiger partial charge in [-0.2, -0.15) is 0 Å². The van der Waals surface area contributed by atoms with Gasteiger partial charge in [-0.15, -0.1) is 11.3 Å². The van der Waals surface area contributed by atoms with Crippen LogP contribution in [0.25, 0.3) is 5.76 Å². The molecule has 0 spiro atoms. The number of aliphatic hydroxyl groups excluding tert-OH is 1. The summed E-state index contributed by atoms with van der Waals surface area (Å²) in [4.78, 5) is 27.6. The number of ketones is 1. The minimum Gasteiger partial charge on any atom is -0.507 e. The number of hydrogen-bond acceptors (Lipinski definition) is 6. The van der Waals surface area contributed by atoms with Gasteiger partial charge in [-0.1, -0.05) is 6.07 Å². The molecule has 0 aliphatic carbocycles. The highest BCUT2D eigenvalue weighted by Crippen LogP contribution is 2.41. The number of carbonyl (C=O) groups excluding carboxylic acids is 2. The Kier molecular flexibility index (Phi) is 6.16. The normalized spacial score (nSPS) is 18.9. The lowest BCUT2D eigenvalue weighted by atomic mass is 10.00. The van der Waals surface area contributed by atoms with Crippen molar-refractivity contribution < 1.29 is 24.2 Å². The molecule has 1 aromatic heterocycles. The first kappa shape index (κ1) is 20.1. The molecule has 148 valence electrons. The Bertz CT molecular complexity index is 871. The van der Waals surface area contributed by atoms with Crippen LogP contribution in [0.2, 0.25) is 0 Å². The summed E-state index contributed by atoms with van der Waals surface area (Å²) in [5.74, 6) is -0.832. The van der Waals surface area contributed by atoms with Gasteiger partial charge < -0.3 is 19.5 Å². The Balaban J connectivity index is 2.03. The van der Waals surface area contributed by atoms with Crippen LogP contribution in [0.5, 0.6) is 5.75 Å². The van der Waals surface area contributed by atoms with E-state index in [0.29, 0.717) is 17.9 Å². The van der Waals surface area contributed by atoms with E-state index in [4.69, 9.17) is 9.47 Å². The number of benzene rings is 1. The number of hydrogen-bond donors (Lipinski definition) is 1. The molecule has 1 aliphatic heterocycles. The summed E-state index contributed by atoms with van der Waals surface area (Å²) in [5, 5.41) is 12.8. The molecule has 7 heteroatoms. The minimum atomic E-state index is -0.686. The van der Waals surface area contributed by atoms with E-state index < -0.39 is 17.7 Å². The van der Waals surface area contributed by atoms with Crippen LogP contribution in [0.4, 0.5) is 0 Å². The van der Waals surface area contributed by atoms with Gasteiger partial charge in [0.05, 0.1) is 24.3 Å². The van der Waals surface area contributed by atoms with E-state index in [0.717, 1.165) is 4.88 Å². The van der Waals surface area contributed by atoms with Crippen LogP contribution < -0.4 is 4.74 Å². The molecule has 1 unspecified atom stereocenters.